The lowest BCUT2D eigenvalue weighted by atomic mass is 9.74. The van der Waals surface area contributed by atoms with Crippen LogP contribution < -0.4 is 21.3 Å². The van der Waals surface area contributed by atoms with Crippen molar-refractivity contribution in [3.8, 4) is 0 Å². The Balaban J connectivity index is 1.86. The Hall–Kier alpha value is -3.63. The molecule has 0 aromatic heterocycles. The molecule has 1 heterocycles. The third-order valence-electron chi connectivity index (χ3n) is 6.57. The minimum atomic E-state index is -1.91. The van der Waals surface area contributed by atoms with E-state index >= 15 is 0 Å². The zero-order chi connectivity index (χ0) is 28.9. The molecule has 0 saturated carbocycles. The topological polar surface area (TPSA) is 123 Å². The van der Waals surface area contributed by atoms with E-state index in [-0.39, 0.29) is 6.54 Å². The number of nitrogens with two attached hydrogens (primary N) is 1. The summed E-state index contributed by atoms with van der Waals surface area (Å²) in [5.41, 5.74) is 5.82. The standard InChI is InChI=1S/C29H30Cl2N4O5/c1-3-39-24(40-4-2)17-35-23-8-6-5-7-22(23)29(27(35)37,25(26(32)36)18-9-11-19(30)12-10-18)34-28(38)33-21-15-13-20(31)14-16-21/h5-16,24-25H,3-4,17H2,1-2H3,(H2,32,36)(H2,33,34,38). The van der Waals surface area contributed by atoms with Gasteiger partial charge >= 0.3 is 6.03 Å². The summed E-state index contributed by atoms with van der Waals surface area (Å²) in [6.07, 6.45) is -0.742. The molecule has 0 spiro atoms. The molecule has 4 N–H and O–H groups in total. The summed E-state index contributed by atoms with van der Waals surface area (Å²) in [5.74, 6) is -2.68. The molecule has 11 heteroatoms. The lowest BCUT2D eigenvalue weighted by Crippen LogP contribution is -2.60. The molecule has 0 fully saturated rings. The molecule has 3 aromatic carbocycles. The maximum absolute atomic E-state index is 14.6. The first-order chi connectivity index (χ1) is 19.2. The van der Waals surface area contributed by atoms with Crippen LogP contribution in [0.1, 0.15) is 30.9 Å². The Morgan fingerprint density at radius 3 is 2.08 bits per heavy atom. The van der Waals surface area contributed by atoms with E-state index in [0.29, 0.717) is 45.8 Å². The van der Waals surface area contributed by atoms with Crippen molar-refractivity contribution in [2.75, 3.05) is 30.0 Å². The highest BCUT2D eigenvalue weighted by Gasteiger charge is 2.59. The van der Waals surface area contributed by atoms with Crippen LogP contribution in [-0.2, 0) is 24.6 Å². The minimum Gasteiger partial charge on any atom is -0.369 e. The molecule has 40 heavy (non-hydrogen) atoms. The van der Waals surface area contributed by atoms with Crippen molar-refractivity contribution in [2.45, 2.75) is 31.6 Å². The third kappa shape index (κ3) is 5.93. The second-order valence-corrected chi connectivity index (χ2v) is 9.93. The number of para-hydroxylation sites is 1. The Morgan fingerprint density at radius 1 is 0.925 bits per heavy atom. The molecule has 0 radical (unpaired) electrons. The van der Waals surface area contributed by atoms with E-state index in [0.717, 1.165) is 0 Å². The van der Waals surface area contributed by atoms with Crippen molar-refractivity contribution in [1.29, 1.82) is 0 Å². The van der Waals surface area contributed by atoms with E-state index in [1.165, 1.54) is 4.90 Å². The molecule has 1 aliphatic rings. The fourth-order valence-electron chi connectivity index (χ4n) is 4.97. The number of fused-ring (bicyclic) bond motifs is 1. The van der Waals surface area contributed by atoms with Crippen molar-refractivity contribution >= 4 is 52.4 Å². The van der Waals surface area contributed by atoms with Crippen LogP contribution in [0.4, 0.5) is 16.2 Å². The smallest absolute Gasteiger partial charge is 0.320 e. The average Bonchev–Trinajstić information content (AvgIpc) is 3.14. The maximum atomic E-state index is 14.6. The van der Waals surface area contributed by atoms with Gasteiger partial charge in [-0.2, -0.15) is 0 Å². The zero-order valence-electron chi connectivity index (χ0n) is 22.0. The first-order valence-electron chi connectivity index (χ1n) is 12.7. The van der Waals surface area contributed by atoms with Crippen LogP contribution in [0.3, 0.4) is 0 Å². The molecule has 210 valence electrons. The molecule has 0 saturated heterocycles. The molecule has 2 atom stereocenters. The molecule has 0 bridgehead atoms. The average molecular weight is 585 g/mol. The van der Waals surface area contributed by atoms with Crippen molar-refractivity contribution < 1.29 is 23.9 Å². The van der Waals surface area contributed by atoms with E-state index in [2.05, 4.69) is 10.6 Å². The van der Waals surface area contributed by atoms with Crippen LogP contribution in [-0.4, -0.2) is 43.9 Å². The molecule has 9 nitrogen and oxygen atoms in total. The van der Waals surface area contributed by atoms with E-state index in [1.807, 2.05) is 13.8 Å². The van der Waals surface area contributed by atoms with E-state index in [4.69, 9.17) is 38.4 Å². The van der Waals surface area contributed by atoms with Crippen LogP contribution in [0, 0.1) is 0 Å². The summed E-state index contributed by atoms with van der Waals surface area (Å²) in [4.78, 5) is 42.8. The largest absolute Gasteiger partial charge is 0.369 e. The first kappa shape index (κ1) is 29.4. The molecule has 0 aliphatic carbocycles. The van der Waals surface area contributed by atoms with Gasteiger partial charge in [0.1, 0.15) is 0 Å². The number of urea groups is 1. The summed E-state index contributed by atoms with van der Waals surface area (Å²) in [5, 5.41) is 6.48. The minimum absolute atomic E-state index is 0.0197. The van der Waals surface area contributed by atoms with Gasteiger partial charge in [-0.05, 0) is 61.9 Å². The maximum Gasteiger partial charge on any atom is 0.320 e. The van der Waals surface area contributed by atoms with Gasteiger partial charge in [-0.1, -0.05) is 53.5 Å². The third-order valence-corrected chi connectivity index (χ3v) is 7.08. The first-order valence-corrected chi connectivity index (χ1v) is 13.5. The normalized spacial score (nSPS) is 17.0. The van der Waals surface area contributed by atoms with E-state index in [9.17, 15) is 14.4 Å². The molecule has 2 unspecified atom stereocenters. The SMILES string of the molecule is CCOC(CN1C(=O)C(NC(=O)Nc2ccc(Cl)cc2)(C(C(N)=O)c2ccc(Cl)cc2)c2ccccc21)OCC. The van der Waals surface area contributed by atoms with Gasteiger partial charge < -0.3 is 30.7 Å². The van der Waals surface area contributed by atoms with Gasteiger partial charge in [0.15, 0.2) is 11.8 Å². The highest BCUT2D eigenvalue weighted by molar-refractivity contribution is 6.31. The predicted octanol–water partition coefficient (Wildman–Crippen LogP) is 5.03. The summed E-state index contributed by atoms with van der Waals surface area (Å²) < 4.78 is 11.4. The number of rotatable bonds is 11. The van der Waals surface area contributed by atoms with Gasteiger partial charge in [-0.25, -0.2) is 4.79 Å². The lowest BCUT2D eigenvalue weighted by molar-refractivity contribution is -0.139. The highest BCUT2D eigenvalue weighted by Crippen LogP contribution is 2.48. The number of anilines is 2. The Bertz CT molecular complexity index is 1360. The Labute approximate surface area is 242 Å². The second kappa shape index (κ2) is 12.7. The number of hydrogen-bond acceptors (Lipinski definition) is 5. The van der Waals surface area contributed by atoms with Gasteiger partial charge in [0, 0.05) is 34.5 Å². The number of benzene rings is 3. The zero-order valence-corrected chi connectivity index (χ0v) is 23.5. The molecule has 4 amide bonds. The molecule has 3 aromatic rings. The number of nitrogens with zero attached hydrogens (tertiary/aromatic N) is 1. The van der Waals surface area contributed by atoms with Crippen molar-refractivity contribution in [1.82, 2.24) is 5.32 Å². The molecular weight excluding hydrogens is 555 g/mol. The highest BCUT2D eigenvalue weighted by atomic mass is 35.5. The molecular formula is C29H30Cl2N4O5. The number of halogens is 2. The number of amides is 4. The fraction of sp³-hybridized carbons (Fsp3) is 0.276. The predicted molar refractivity (Wildman–Crippen MR) is 155 cm³/mol. The summed E-state index contributed by atoms with van der Waals surface area (Å²) in [6.45, 7) is 4.38. The summed E-state index contributed by atoms with van der Waals surface area (Å²) in [7, 11) is 0. The Kier molecular flexibility index (Phi) is 9.32. The molecule has 1 aliphatic heterocycles. The van der Waals surface area contributed by atoms with E-state index < -0.39 is 35.6 Å². The number of carbonyl (C=O) groups is 3. The van der Waals surface area contributed by atoms with Crippen LogP contribution in [0.5, 0.6) is 0 Å². The van der Waals surface area contributed by atoms with Crippen molar-refractivity contribution in [3.63, 3.8) is 0 Å². The van der Waals surface area contributed by atoms with Crippen molar-refractivity contribution in [3.05, 3.63) is 94.0 Å². The second-order valence-electron chi connectivity index (χ2n) is 9.05. The summed E-state index contributed by atoms with van der Waals surface area (Å²) >= 11 is 12.1. The Morgan fingerprint density at radius 2 is 1.50 bits per heavy atom. The monoisotopic (exact) mass is 584 g/mol. The number of nitrogens with one attached hydrogen (secondary N) is 2. The van der Waals surface area contributed by atoms with Crippen LogP contribution >= 0.6 is 23.2 Å². The van der Waals surface area contributed by atoms with Crippen molar-refractivity contribution in [2.24, 2.45) is 5.73 Å². The number of hydrogen-bond donors (Lipinski definition) is 3. The van der Waals surface area contributed by atoms with Gasteiger partial charge in [-0.3, -0.25) is 9.59 Å². The van der Waals surface area contributed by atoms with Gasteiger partial charge in [0.2, 0.25) is 5.91 Å². The van der Waals surface area contributed by atoms with Crippen LogP contribution in [0.15, 0.2) is 72.8 Å². The summed E-state index contributed by atoms with van der Waals surface area (Å²) in [6, 6.07) is 19.1. The quantitative estimate of drug-likeness (QED) is 0.273. The van der Waals surface area contributed by atoms with Gasteiger partial charge in [0.05, 0.1) is 18.2 Å². The van der Waals surface area contributed by atoms with Crippen LogP contribution in [0.2, 0.25) is 10.0 Å². The number of carbonyl (C=O) groups excluding carboxylic acids is 3. The van der Waals surface area contributed by atoms with Gasteiger partial charge in [0.25, 0.3) is 5.91 Å². The van der Waals surface area contributed by atoms with Crippen LogP contribution in [0.25, 0.3) is 0 Å². The number of ether oxygens (including phenoxy) is 2. The molecule has 4 rings (SSSR count). The van der Waals surface area contributed by atoms with Gasteiger partial charge in [-0.15, -0.1) is 0 Å². The number of primary amides is 1. The lowest BCUT2D eigenvalue weighted by Gasteiger charge is -2.36. The fourth-order valence-corrected chi connectivity index (χ4v) is 5.22. The van der Waals surface area contributed by atoms with E-state index in [1.54, 1.807) is 72.8 Å².